The van der Waals surface area contributed by atoms with E-state index in [4.69, 9.17) is 0 Å². The first-order valence-electron chi connectivity index (χ1n) is 35.1. The zero-order valence-electron chi connectivity index (χ0n) is 52.4. The van der Waals surface area contributed by atoms with Crippen LogP contribution in [0.15, 0.2) is 0 Å². The van der Waals surface area contributed by atoms with Crippen LogP contribution in [0.4, 0.5) is 0 Å². The molecule has 0 radical (unpaired) electrons. The van der Waals surface area contributed by atoms with Gasteiger partial charge in [0.2, 0.25) is 0 Å². The lowest BCUT2D eigenvalue weighted by molar-refractivity contribution is -0.277. The van der Waals surface area contributed by atoms with Crippen molar-refractivity contribution in [3.8, 4) is 0 Å². The summed E-state index contributed by atoms with van der Waals surface area (Å²) < 4.78 is 0. The van der Waals surface area contributed by atoms with Gasteiger partial charge in [0.25, 0.3) is 0 Å². The van der Waals surface area contributed by atoms with Gasteiger partial charge in [-0.2, -0.15) is 0 Å². The van der Waals surface area contributed by atoms with Gasteiger partial charge < -0.3 is 25.5 Å². The number of aliphatic hydroxyl groups excluding tert-OH is 2. The van der Waals surface area contributed by atoms with Crippen LogP contribution in [0.5, 0.6) is 0 Å². The monoisotopic (exact) mass is 1080 g/mol. The molecule has 0 unspecified atom stereocenters. The largest absolute Gasteiger partial charge is 0.394 e. The van der Waals surface area contributed by atoms with Crippen LogP contribution in [-0.4, -0.2) is 60.8 Å². The summed E-state index contributed by atoms with van der Waals surface area (Å²) in [5.41, 5.74) is -6.75. The molecule has 6 heteroatoms. The number of hydrogen-bond donors (Lipinski definition) is 5. The fourth-order valence-electron chi connectivity index (χ4n) is 12.6. The van der Waals surface area contributed by atoms with E-state index in [-0.39, 0.29) is 25.7 Å². The average molecular weight is 1080 g/mol. The molecule has 6 nitrogen and oxygen atoms in total. The van der Waals surface area contributed by atoms with Crippen LogP contribution in [-0.2, 0) is 4.79 Å². The van der Waals surface area contributed by atoms with E-state index in [0.29, 0.717) is 25.7 Å². The highest BCUT2D eigenvalue weighted by Gasteiger charge is 2.65. The van der Waals surface area contributed by atoms with Crippen molar-refractivity contribution in [2.24, 2.45) is 0 Å². The molecule has 0 bridgehead atoms. The molecule has 0 saturated heterocycles. The number of carbonyl (C=O) groups excluding carboxylic acids is 1. The smallest absolute Gasteiger partial charge is 0.167 e. The first kappa shape index (κ1) is 75.5. The summed E-state index contributed by atoms with van der Waals surface area (Å²) in [6.07, 6.45) is 65.5. The van der Waals surface area contributed by atoms with Crippen molar-refractivity contribution in [2.45, 2.75) is 436 Å². The third-order valence-corrected chi connectivity index (χ3v) is 18.0. The van der Waals surface area contributed by atoms with Gasteiger partial charge in [-0.05, 0) is 25.7 Å². The quantitative estimate of drug-likeness (QED) is 0.0387. The molecular formula is C70H140O6. The molecule has 4 atom stereocenters. The second-order valence-corrected chi connectivity index (χ2v) is 25.2. The number of rotatable bonds is 65. The molecule has 0 aliphatic heterocycles. The minimum atomic E-state index is -2.29. The van der Waals surface area contributed by atoms with Gasteiger partial charge in [-0.15, -0.1) is 0 Å². The summed E-state index contributed by atoms with van der Waals surface area (Å²) >= 11 is 0. The lowest BCUT2D eigenvalue weighted by Crippen LogP contribution is -2.74. The third kappa shape index (κ3) is 39.8. The van der Waals surface area contributed by atoms with E-state index in [9.17, 15) is 30.3 Å². The lowest BCUT2D eigenvalue weighted by Gasteiger charge is -2.54. The molecule has 0 amide bonds. The minimum absolute atomic E-state index is 0.0246. The first-order chi connectivity index (χ1) is 37.1. The molecule has 5 N–H and O–H groups in total. The predicted octanol–water partition coefficient (Wildman–Crippen LogP) is 21.6. The van der Waals surface area contributed by atoms with Gasteiger partial charge in [-0.1, -0.05) is 381 Å². The lowest BCUT2D eigenvalue weighted by atomic mass is 9.60. The topological polar surface area (TPSA) is 118 Å². The molecule has 76 heavy (non-hydrogen) atoms. The Kier molecular flexibility index (Phi) is 55.9. The van der Waals surface area contributed by atoms with Crippen LogP contribution in [0.2, 0.25) is 0 Å². The van der Waals surface area contributed by atoms with Crippen LogP contribution < -0.4 is 0 Å². The third-order valence-electron chi connectivity index (χ3n) is 18.0. The zero-order chi connectivity index (χ0) is 55.8. The molecule has 0 heterocycles. The molecule has 0 spiro atoms. The number of aliphatic hydroxyl groups is 5. The summed E-state index contributed by atoms with van der Waals surface area (Å²) in [7, 11) is 0. The Morgan fingerprint density at radius 1 is 0.289 bits per heavy atom. The van der Waals surface area contributed by atoms with Crippen molar-refractivity contribution in [2.75, 3.05) is 6.61 Å². The highest BCUT2D eigenvalue weighted by Crippen LogP contribution is 2.46. The maximum atomic E-state index is 14.8. The number of Topliss-reactive ketones (excluding diaryl/α,β-unsaturated/α-hetero) is 1. The summed E-state index contributed by atoms with van der Waals surface area (Å²) in [4.78, 5) is 14.8. The van der Waals surface area contributed by atoms with E-state index in [2.05, 4.69) is 27.7 Å². The van der Waals surface area contributed by atoms with Gasteiger partial charge in [0, 0.05) is 6.42 Å². The maximum Gasteiger partial charge on any atom is 0.167 e. The summed E-state index contributed by atoms with van der Waals surface area (Å²) in [5.74, 6) is -0.390. The molecule has 0 rings (SSSR count). The Bertz CT molecular complexity index is 1160. The van der Waals surface area contributed by atoms with Crippen molar-refractivity contribution in [1.82, 2.24) is 0 Å². The Balaban J connectivity index is 5.93. The average Bonchev–Trinajstić information content (AvgIpc) is 3.42. The van der Waals surface area contributed by atoms with Crippen molar-refractivity contribution in [3.05, 3.63) is 0 Å². The number of hydrogen-bond acceptors (Lipinski definition) is 6. The SMILES string of the molecule is CCCCCCCCCCCCCCCCC(=O)[C@@](O)(CCCCCCCCCCCCCCCC)[C@](O)(CCCCCCCCCCCCCCCC)[C@@](O)(CCCCCCCCCCCCCCCC)[C@H](O)CO. The van der Waals surface area contributed by atoms with Gasteiger partial charge in [0.15, 0.2) is 11.4 Å². The molecule has 456 valence electrons. The molecule has 0 aromatic rings. The van der Waals surface area contributed by atoms with Crippen molar-refractivity contribution >= 4 is 5.78 Å². The van der Waals surface area contributed by atoms with Crippen LogP contribution in [0.25, 0.3) is 0 Å². The van der Waals surface area contributed by atoms with E-state index in [1.165, 1.54) is 257 Å². The van der Waals surface area contributed by atoms with Gasteiger partial charge in [0.1, 0.15) is 17.3 Å². The van der Waals surface area contributed by atoms with Crippen LogP contribution in [0.3, 0.4) is 0 Å². The zero-order valence-corrected chi connectivity index (χ0v) is 52.4. The first-order valence-corrected chi connectivity index (χ1v) is 35.1. The molecule has 0 aromatic heterocycles. The normalized spacial score (nSPS) is 14.8. The van der Waals surface area contributed by atoms with Crippen LogP contribution in [0, 0.1) is 0 Å². The van der Waals surface area contributed by atoms with Crippen molar-refractivity contribution < 1.29 is 30.3 Å². The van der Waals surface area contributed by atoms with E-state index in [0.717, 1.165) is 77.0 Å². The predicted molar refractivity (Wildman–Crippen MR) is 333 cm³/mol. The Hall–Kier alpha value is -0.530. The van der Waals surface area contributed by atoms with Gasteiger partial charge in [0.05, 0.1) is 6.61 Å². The van der Waals surface area contributed by atoms with E-state index in [1.807, 2.05) is 0 Å². The highest BCUT2D eigenvalue weighted by molar-refractivity contribution is 5.89. The van der Waals surface area contributed by atoms with Gasteiger partial charge in [-0.25, -0.2) is 0 Å². The second kappa shape index (κ2) is 56.3. The Morgan fingerprint density at radius 2 is 0.487 bits per heavy atom. The fourth-order valence-corrected chi connectivity index (χ4v) is 12.6. The van der Waals surface area contributed by atoms with Crippen LogP contribution in [0.1, 0.15) is 413 Å². The number of carbonyl (C=O) groups is 1. The molecule has 0 aliphatic rings. The van der Waals surface area contributed by atoms with E-state index < -0.39 is 35.3 Å². The number of unbranched alkanes of at least 4 members (excludes halogenated alkanes) is 52. The summed E-state index contributed by atoms with van der Waals surface area (Å²) in [6, 6.07) is 0. The second-order valence-electron chi connectivity index (χ2n) is 25.2. The standard InChI is InChI=1S/C70H140O6/c1-5-9-13-17-21-25-29-33-37-41-45-49-53-57-61-66(72)68(74,62-58-54-50-46-42-38-34-30-26-22-18-14-10-6-2)70(76,64-60-56-52-48-44-40-36-32-28-24-20-16-12-8-4)69(75,67(73)65-71)63-59-55-51-47-43-39-35-31-27-23-19-15-11-7-3/h67,71,73-76H,5-65H2,1-4H3/t67-,68+,69-,70-/m1/s1. The molecule has 0 saturated carbocycles. The van der Waals surface area contributed by atoms with Crippen molar-refractivity contribution in [3.63, 3.8) is 0 Å². The molecule has 0 aromatic carbocycles. The van der Waals surface area contributed by atoms with E-state index in [1.54, 1.807) is 0 Å². The Morgan fingerprint density at radius 3 is 0.724 bits per heavy atom. The van der Waals surface area contributed by atoms with Gasteiger partial charge >= 0.3 is 0 Å². The van der Waals surface area contributed by atoms with Crippen LogP contribution >= 0.6 is 0 Å². The summed E-state index contributed by atoms with van der Waals surface area (Å²) in [5, 5.41) is 61.7. The molecule has 0 aliphatic carbocycles. The Labute approximate surface area is 476 Å². The minimum Gasteiger partial charge on any atom is -0.394 e. The highest BCUT2D eigenvalue weighted by atomic mass is 16.4. The maximum absolute atomic E-state index is 14.8. The molecular weight excluding hydrogens is 937 g/mol. The summed E-state index contributed by atoms with van der Waals surface area (Å²) in [6.45, 7) is 8.35. The number of ketones is 1. The van der Waals surface area contributed by atoms with E-state index >= 15 is 0 Å². The van der Waals surface area contributed by atoms with Gasteiger partial charge in [-0.3, -0.25) is 4.79 Å². The molecule has 0 fully saturated rings. The fraction of sp³-hybridized carbons (Fsp3) is 0.986. The van der Waals surface area contributed by atoms with Crippen molar-refractivity contribution in [1.29, 1.82) is 0 Å².